The Hall–Kier alpha value is -2.45. The second kappa shape index (κ2) is 9.14. The van der Waals surface area contributed by atoms with Crippen molar-refractivity contribution in [3.63, 3.8) is 0 Å². The summed E-state index contributed by atoms with van der Waals surface area (Å²) in [5.74, 6) is -0.179. The van der Waals surface area contributed by atoms with Crippen LogP contribution in [0.4, 0.5) is 11.4 Å². The Morgan fingerprint density at radius 2 is 1.70 bits per heavy atom. The number of halogens is 3. The molecule has 2 N–H and O–H groups in total. The van der Waals surface area contributed by atoms with Gasteiger partial charge in [0, 0.05) is 10.6 Å². The highest BCUT2D eigenvalue weighted by Gasteiger charge is 2.19. The molecule has 6 nitrogen and oxygen atoms in total. The standard InChI is InChI=1S/C20H15Cl3N2O4S/c1-29-19-8-6-15(30(27,28)25-14-5-7-16(22)17(23)10-14)11-18(19)24-20(26)12-3-2-4-13(21)9-12/h2-11,25H,1H3,(H,24,26). The third-order valence-corrected chi connectivity index (χ3v) is 6.34. The molecule has 0 radical (unpaired) electrons. The predicted molar refractivity (Wildman–Crippen MR) is 120 cm³/mol. The van der Waals surface area contributed by atoms with E-state index in [1.807, 2.05) is 0 Å². The first-order valence-corrected chi connectivity index (χ1v) is 11.0. The van der Waals surface area contributed by atoms with E-state index in [0.29, 0.717) is 21.4 Å². The number of rotatable bonds is 6. The molecule has 0 unspecified atom stereocenters. The average molecular weight is 486 g/mol. The second-order valence-electron chi connectivity index (χ2n) is 6.06. The largest absolute Gasteiger partial charge is 0.495 e. The summed E-state index contributed by atoms with van der Waals surface area (Å²) in [5.41, 5.74) is 0.732. The fourth-order valence-corrected chi connectivity index (χ4v) is 4.11. The fraction of sp³-hybridized carbons (Fsp3) is 0.0500. The maximum absolute atomic E-state index is 12.8. The SMILES string of the molecule is COc1ccc(S(=O)(=O)Nc2ccc(Cl)c(Cl)c2)cc1NC(=O)c1cccc(Cl)c1. The number of methoxy groups -OCH3 is 1. The van der Waals surface area contributed by atoms with E-state index in [9.17, 15) is 13.2 Å². The van der Waals surface area contributed by atoms with Gasteiger partial charge in [0.15, 0.2) is 0 Å². The quantitative estimate of drug-likeness (QED) is 0.468. The topological polar surface area (TPSA) is 84.5 Å². The normalized spacial score (nSPS) is 11.1. The van der Waals surface area contributed by atoms with E-state index in [2.05, 4.69) is 10.0 Å². The second-order valence-corrected chi connectivity index (χ2v) is 8.99. The molecule has 0 aliphatic rings. The van der Waals surface area contributed by atoms with Gasteiger partial charge in [0.1, 0.15) is 5.75 Å². The van der Waals surface area contributed by atoms with Crippen LogP contribution in [0.15, 0.2) is 65.6 Å². The lowest BCUT2D eigenvalue weighted by Gasteiger charge is -2.14. The number of sulfonamides is 1. The van der Waals surface area contributed by atoms with E-state index in [4.69, 9.17) is 39.5 Å². The van der Waals surface area contributed by atoms with Crippen molar-refractivity contribution >= 4 is 62.1 Å². The number of carbonyl (C=O) groups is 1. The van der Waals surface area contributed by atoms with Crippen LogP contribution in [0.5, 0.6) is 5.75 Å². The summed E-state index contributed by atoms with van der Waals surface area (Å²) >= 11 is 17.7. The van der Waals surface area contributed by atoms with Crippen LogP contribution in [-0.2, 0) is 10.0 Å². The summed E-state index contributed by atoms with van der Waals surface area (Å²) in [7, 11) is -2.57. The minimum Gasteiger partial charge on any atom is -0.495 e. The lowest BCUT2D eigenvalue weighted by atomic mass is 10.2. The van der Waals surface area contributed by atoms with Crippen LogP contribution in [0, 0.1) is 0 Å². The van der Waals surface area contributed by atoms with Gasteiger partial charge >= 0.3 is 0 Å². The Kier molecular flexibility index (Phi) is 6.77. The lowest BCUT2D eigenvalue weighted by molar-refractivity contribution is 0.102. The smallest absolute Gasteiger partial charge is 0.261 e. The summed E-state index contributed by atoms with van der Waals surface area (Å²) in [6.07, 6.45) is 0. The molecule has 3 rings (SSSR count). The molecular formula is C20H15Cl3N2O4S. The molecule has 0 bridgehead atoms. The van der Waals surface area contributed by atoms with Gasteiger partial charge < -0.3 is 10.1 Å². The minimum absolute atomic E-state index is 0.0873. The van der Waals surface area contributed by atoms with Gasteiger partial charge in [0.2, 0.25) is 0 Å². The van der Waals surface area contributed by atoms with Gasteiger partial charge in [-0.15, -0.1) is 0 Å². The summed E-state index contributed by atoms with van der Waals surface area (Å²) in [6.45, 7) is 0. The Labute approximate surface area is 188 Å². The van der Waals surface area contributed by atoms with Gasteiger partial charge in [-0.05, 0) is 54.6 Å². The first-order valence-electron chi connectivity index (χ1n) is 8.42. The van der Waals surface area contributed by atoms with Crippen LogP contribution >= 0.6 is 34.8 Å². The number of anilines is 2. The molecule has 0 atom stereocenters. The third kappa shape index (κ3) is 5.17. The molecule has 30 heavy (non-hydrogen) atoms. The van der Waals surface area contributed by atoms with Crippen molar-refractivity contribution in [3.05, 3.63) is 81.3 Å². The number of nitrogens with one attached hydrogen (secondary N) is 2. The zero-order valence-corrected chi connectivity index (χ0v) is 18.5. The number of hydrogen-bond acceptors (Lipinski definition) is 4. The minimum atomic E-state index is -3.98. The zero-order chi connectivity index (χ0) is 21.9. The van der Waals surface area contributed by atoms with Crippen molar-refractivity contribution in [1.82, 2.24) is 0 Å². The van der Waals surface area contributed by atoms with E-state index in [-0.39, 0.29) is 21.3 Å². The summed E-state index contributed by atoms with van der Waals surface area (Å²) in [5, 5.41) is 3.55. The van der Waals surface area contributed by atoms with Crippen molar-refractivity contribution in [2.24, 2.45) is 0 Å². The molecule has 0 aliphatic heterocycles. The molecule has 0 saturated carbocycles. The van der Waals surface area contributed by atoms with E-state index >= 15 is 0 Å². The van der Waals surface area contributed by atoms with E-state index in [1.165, 1.54) is 49.6 Å². The molecule has 1 amide bonds. The maximum atomic E-state index is 12.8. The molecule has 10 heteroatoms. The van der Waals surface area contributed by atoms with Crippen LogP contribution in [0.25, 0.3) is 0 Å². The molecule has 0 spiro atoms. The Bertz CT molecular complexity index is 1220. The number of amides is 1. The molecule has 0 fully saturated rings. The van der Waals surface area contributed by atoms with Crippen molar-refractivity contribution in [1.29, 1.82) is 0 Å². The van der Waals surface area contributed by atoms with Crippen LogP contribution in [-0.4, -0.2) is 21.4 Å². The molecule has 0 saturated heterocycles. The van der Waals surface area contributed by atoms with Gasteiger partial charge in [-0.3, -0.25) is 9.52 Å². The highest BCUT2D eigenvalue weighted by molar-refractivity contribution is 7.92. The van der Waals surface area contributed by atoms with Gasteiger partial charge in [0.05, 0.1) is 33.4 Å². The van der Waals surface area contributed by atoms with Gasteiger partial charge in [0.25, 0.3) is 15.9 Å². The monoisotopic (exact) mass is 484 g/mol. The van der Waals surface area contributed by atoms with Crippen LogP contribution in [0.2, 0.25) is 15.1 Å². The maximum Gasteiger partial charge on any atom is 0.261 e. The van der Waals surface area contributed by atoms with Crippen molar-refractivity contribution in [2.75, 3.05) is 17.1 Å². The number of ether oxygens (including phenoxy) is 1. The number of carbonyl (C=O) groups excluding carboxylic acids is 1. The van der Waals surface area contributed by atoms with Crippen molar-refractivity contribution < 1.29 is 17.9 Å². The summed E-state index contributed by atoms with van der Waals surface area (Å²) in [6, 6.07) is 14.8. The van der Waals surface area contributed by atoms with E-state index in [1.54, 1.807) is 18.2 Å². The molecular weight excluding hydrogens is 471 g/mol. The third-order valence-electron chi connectivity index (χ3n) is 3.99. The van der Waals surface area contributed by atoms with Crippen LogP contribution in [0.1, 0.15) is 10.4 Å². The predicted octanol–water partition coefficient (Wildman–Crippen LogP) is 5.71. The summed E-state index contributed by atoms with van der Waals surface area (Å²) in [4.78, 5) is 12.5. The fourth-order valence-electron chi connectivity index (χ4n) is 2.55. The Balaban J connectivity index is 1.91. The molecule has 156 valence electrons. The van der Waals surface area contributed by atoms with Crippen LogP contribution < -0.4 is 14.8 Å². The molecule has 0 aromatic heterocycles. The first kappa shape index (κ1) is 22.2. The van der Waals surface area contributed by atoms with Gasteiger partial charge in [-0.25, -0.2) is 8.42 Å². The number of hydrogen-bond donors (Lipinski definition) is 2. The highest BCUT2D eigenvalue weighted by Crippen LogP contribution is 2.30. The molecule has 0 heterocycles. The van der Waals surface area contributed by atoms with Crippen LogP contribution in [0.3, 0.4) is 0 Å². The highest BCUT2D eigenvalue weighted by atomic mass is 35.5. The molecule has 0 aliphatic carbocycles. The zero-order valence-electron chi connectivity index (χ0n) is 15.4. The average Bonchev–Trinajstić information content (AvgIpc) is 2.70. The number of benzene rings is 3. The Morgan fingerprint density at radius 3 is 2.37 bits per heavy atom. The lowest BCUT2D eigenvalue weighted by Crippen LogP contribution is -2.16. The van der Waals surface area contributed by atoms with Crippen molar-refractivity contribution in [2.45, 2.75) is 4.90 Å². The molecule has 3 aromatic carbocycles. The Morgan fingerprint density at radius 1 is 0.933 bits per heavy atom. The van der Waals surface area contributed by atoms with E-state index in [0.717, 1.165) is 0 Å². The van der Waals surface area contributed by atoms with E-state index < -0.39 is 15.9 Å². The van der Waals surface area contributed by atoms with Crippen molar-refractivity contribution in [3.8, 4) is 5.75 Å². The molecule has 3 aromatic rings. The first-order chi connectivity index (χ1) is 14.2. The van der Waals surface area contributed by atoms with Gasteiger partial charge in [-0.1, -0.05) is 40.9 Å². The van der Waals surface area contributed by atoms with Gasteiger partial charge in [-0.2, -0.15) is 0 Å². The summed E-state index contributed by atoms with van der Waals surface area (Å²) < 4.78 is 33.2.